The zero-order valence-electron chi connectivity index (χ0n) is 14.0. The summed E-state index contributed by atoms with van der Waals surface area (Å²) in [5.74, 6) is 0.432. The highest BCUT2D eigenvalue weighted by molar-refractivity contribution is 5.93. The van der Waals surface area contributed by atoms with Crippen molar-refractivity contribution in [2.45, 2.75) is 13.5 Å². The highest BCUT2D eigenvalue weighted by atomic mass is 16.1. The average Bonchev–Trinajstić information content (AvgIpc) is 3.13. The van der Waals surface area contributed by atoms with Crippen molar-refractivity contribution >= 4 is 16.9 Å². The number of nitrogen functional groups attached to an aromatic ring is 1. The number of hydrogen-bond acceptors (Lipinski definition) is 4. The van der Waals surface area contributed by atoms with E-state index in [9.17, 15) is 4.79 Å². The van der Waals surface area contributed by atoms with Gasteiger partial charge in [0.1, 0.15) is 0 Å². The third kappa shape index (κ3) is 2.50. The van der Waals surface area contributed by atoms with Crippen LogP contribution in [0, 0.1) is 6.92 Å². The monoisotopic (exact) mass is 334 g/mol. The van der Waals surface area contributed by atoms with Crippen LogP contribution in [0.4, 0.5) is 5.95 Å². The Balaban J connectivity index is 1.78. The molecule has 0 fully saturated rings. The van der Waals surface area contributed by atoms with Crippen LogP contribution in [0.5, 0.6) is 0 Å². The minimum absolute atomic E-state index is 0.137. The first-order valence-electron chi connectivity index (χ1n) is 7.95. The van der Waals surface area contributed by atoms with E-state index in [2.05, 4.69) is 15.1 Å². The van der Waals surface area contributed by atoms with E-state index in [0.717, 1.165) is 27.9 Å². The standard InChI is InChI=1S/C18H18N6O/c1-11-8-20-18(19)24(11)10-13-6-7-15(17(25)22-13)14-5-3-4-12-9-21-23(2)16(12)14/h3-9H,10H2,1-2H3,(H2,19,20)(H,22,25). The number of H-pyrrole nitrogens is 1. The van der Waals surface area contributed by atoms with Gasteiger partial charge in [0.2, 0.25) is 5.95 Å². The first-order valence-corrected chi connectivity index (χ1v) is 7.95. The molecule has 0 spiro atoms. The van der Waals surface area contributed by atoms with Crippen LogP contribution in [0.25, 0.3) is 22.0 Å². The number of nitrogens with two attached hydrogens (primary N) is 1. The molecule has 25 heavy (non-hydrogen) atoms. The number of benzene rings is 1. The van der Waals surface area contributed by atoms with Gasteiger partial charge in [-0.2, -0.15) is 5.10 Å². The molecule has 3 N–H and O–H groups in total. The summed E-state index contributed by atoms with van der Waals surface area (Å²) in [6.07, 6.45) is 3.51. The van der Waals surface area contributed by atoms with E-state index in [1.165, 1.54) is 0 Å². The number of hydrogen-bond donors (Lipinski definition) is 2. The van der Waals surface area contributed by atoms with Crippen LogP contribution in [-0.4, -0.2) is 24.3 Å². The van der Waals surface area contributed by atoms with Crippen LogP contribution >= 0.6 is 0 Å². The number of nitrogens with one attached hydrogen (secondary N) is 1. The van der Waals surface area contributed by atoms with Gasteiger partial charge < -0.3 is 15.3 Å². The minimum atomic E-state index is -0.137. The number of pyridine rings is 1. The molecule has 4 rings (SSSR count). The summed E-state index contributed by atoms with van der Waals surface area (Å²) in [4.78, 5) is 19.7. The van der Waals surface area contributed by atoms with E-state index in [1.54, 1.807) is 17.1 Å². The molecule has 0 aliphatic heterocycles. The molecule has 4 aromatic rings. The van der Waals surface area contributed by atoms with Gasteiger partial charge in [0.25, 0.3) is 5.56 Å². The largest absolute Gasteiger partial charge is 0.369 e. The van der Waals surface area contributed by atoms with Gasteiger partial charge in [-0.25, -0.2) is 4.98 Å². The molecule has 0 bridgehead atoms. The number of nitrogens with zero attached hydrogens (tertiary/aromatic N) is 4. The lowest BCUT2D eigenvalue weighted by Gasteiger charge is -2.09. The van der Waals surface area contributed by atoms with Crippen molar-refractivity contribution in [1.82, 2.24) is 24.3 Å². The van der Waals surface area contributed by atoms with Crippen LogP contribution in [0.1, 0.15) is 11.4 Å². The summed E-state index contributed by atoms with van der Waals surface area (Å²) < 4.78 is 3.64. The molecule has 0 amide bonds. The Morgan fingerprint density at radius 2 is 2.00 bits per heavy atom. The summed E-state index contributed by atoms with van der Waals surface area (Å²) in [7, 11) is 1.87. The van der Waals surface area contributed by atoms with Crippen LogP contribution < -0.4 is 11.3 Å². The van der Waals surface area contributed by atoms with Crippen LogP contribution in [-0.2, 0) is 13.6 Å². The molecule has 0 saturated carbocycles. The topological polar surface area (TPSA) is 94.5 Å². The van der Waals surface area contributed by atoms with Crippen LogP contribution in [0.3, 0.4) is 0 Å². The van der Waals surface area contributed by atoms with Gasteiger partial charge in [-0.1, -0.05) is 18.2 Å². The number of rotatable bonds is 3. The molecule has 0 unspecified atom stereocenters. The van der Waals surface area contributed by atoms with Crippen molar-refractivity contribution in [3.05, 3.63) is 64.5 Å². The molecule has 126 valence electrons. The Morgan fingerprint density at radius 3 is 2.72 bits per heavy atom. The lowest BCUT2D eigenvalue weighted by atomic mass is 10.0. The van der Waals surface area contributed by atoms with Crippen LogP contribution in [0.15, 0.2) is 47.5 Å². The third-order valence-corrected chi connectivity index (χ3v) is 4.44. The summed E-state index contributed by atoms with van der Waals surface area (Å²) in [5, 5.41) is 5.28. The lowest BCUT2D eigenvalue weighted by molar-refractivity contribution is 0.758. The molecule has 1 aromatic carbocycles. The van der Waals surface area contributed by atoms with E-state index in [4.69, 9.17) is 5.73 Å². The predicted octanol–water partition coefficient (Wildman–Crippen LogP) is 2.06. The maximum absolute atomic E-state index is 12.7. The van der Waals surface area contributed by atoms with Crippen molar-refractivity contribution in [3.63, 3.8) is 0 Å². The Hall–Kier alpha value is -3.35. The molecule has 7 nitrogen and oxygen atoms in total. The second-order valence-corrected chi connectivity index (χ2v) is 6.08. The molecule has 3 aromatic heterocycles. The summed E-state index contributed by atoms with van der Waals surface area (Å²) in [6, 6.07) is 9.61. The van der Waals surface area contributed by atoms with Gasteiger partial charge in [0.15, 0.2) is 0 Å². The number of aryl methyl sites for hydroxylation is 2. The zero-order valence-corrected chi connectivity index (χ0v) is 14.0. The maximum atomic E-state index is 12.7. The average molecular weight is 334 g/mol. The minimum Gasteiger partial charge on any atom is -0.369 e. The molecule has 7 heteroatoms. The molecule has 0 aliphatic carbocycles. The van der Waals surface area contributed by atoms with Crippen molar-refractivity contribution < 1.29 is 0 Å². The van der Waals surface area contributed by atoms with Gasteiger partial charge in [0, 0.05) is 34.9 Å². The van der Waals surface area contributed by atoms with E-state index < -0.39 is 0 Å². The first-order chi connectivity index (χ1) is 12.0. The van der Waals surface area contributed by atoms with E-state index in [0.29, 0.717) is 18.1 Å². The van der Waals surface area contributed by atoms with Crippen molar-refractivity contribution in [2.75, 3.05) is 5.73 Å². The predicted molar refractivity (Wildman–Crippen MR) is 97.2 cm³/mol. The smallest absolute Gasteiger partial charge is 0.256 e. The molecule has 0 atom stereocenters. The van der Waals surface area contributed by atoms with Gasteiger partial charge in [0.05, 0.1) is 24.5 Å². The second kappa shape index (κ2) is 5.62. The van der Waals surface area contributed by atoms with Gasteiger partial charge in [-0.05, 0) is 19.1 Å². The van der Waals surface area contributed by atoms with Crippen molar-refractivity contribution in [1.29, 1.82) is 0 Å². The number of imidazole rings is 1. The Morgan fingerprint density at radius 1 is 1.16 bits per heavy atom. The first kappa shape index (κ1) is 15.2. The fourth-order valence-electron chi connectivity index (χ4n) is 3.13. The number of anilines is 1. The fourth-order valence-corrected chi connectivity index (χ4v) is 3.13. The van der Waals surface area contributed by atoms with Gasteiger partial charge in [-0.3, -0.25) is 9.48 Å². The fraction of sp³-hybridized carbons (Fsp3) is 0.167. The maximum Gasteiger partial charge on any atom is 0.256 e. The van der Waals surface area contributed by atoms with Crippen LogP contribution in [0.2, 0.25) is 0 Å². The Bertz CT molecular complexity index is 1110. The quantitative estimate of drug-likeness (QED) is 0.599. The van der Waals surface area contributed by atoms with Crippen molar-refractivity contribution in [2.24, 2.45) is 7.05 Å². The highest BCUT2D eigenvalue weighted by Gasteiger charge is 2.12. The summed E-state index contributed by atoms with van der Waals surface area (Å²) in [6.45, 7) is 2.40. The molecular formula is C18H18N6O. The number of aromatic nitrogens is 5. The number of fused-ring (bicyclic) bond motifs is 1. The third-order valence-electron chi connectivity index (χ3n) is 4.44. The van der Waals surface area contributed by atoms with E-state index >= 15 is 0 Å². The van der Waals surface area contributed by atoms with Gasteiger partial charge >= 0.3 is 0 Å². The number of para-hydroxylation sites is 1. The molecule has 0 saturated heterocycles. The van der Waals surface area contributed by atoms with Crippen molar-refractivity contribution in [3.8, 4) is 11.1 Å². The zero-order chi connectivity index (χ0) is 17.6. The molecular weight excluding hydrogens is 316 g/mol. The summed E-state index contributed by atoms with van der Waals surface area (Å²) >= 11 is 0. The molecule has 3 heterocycles. The number of aromatic amines is 1. The van der Waals surface area contributed by atoms with Gasteiger partial charge in [-0.15, -0.1) is 0 Å². The molecule has 0 aliphatic rings. The summed E-state index contributed by atoms with van der Waals surface area (Å²) in [5.41, 5.74) is 9.88. The Kier molecular flexibility index (Phi) is 3.42. The SMILES string of the molecule is Cc1cnc(N)n1Cc1ccc(-c2cccc3cnn(C)c23)c(=O)[nH]1. The van der Waals surface area contributed by atoms with E-state index in [-0.39, 0.29) is 5.56 Å². The normalized spacial score (nSPS) is 11.3. The van der Waals surface area contributed by atoms with E-state index in [1.807, 2.05) is 48.9 Å². The highest BCUT2D eigenvalue weighted by Crippen LogP contribution is 2.26. The Labute approximate surface area is 143 Å². The second-order valence-electron chi connectivity index (χ2n) is 6.08. The molecule has 0 radical (unpaired) electrons. The lowest BCUT2D eigenvalue weighted by Crippen LogP contribution is -2.15.